The number of esters is 1. The first-order chi connectivity index (χ1) is 12.1. The highest BCUT2D eigenvalue weighted by molar-refractivity contribution is 9.10. The number of ether oxygens (including phenoxy) is 1. The monoisotopic (exact) mass is 400 g/mol. The van der Waals surface area contributed by atoms with Gasteiger partial charge in [-0.2, -0.15) is 0 Å². The summed E-state index contributed by atoms with van der Waals surface area (Å²) in [5.74, 6) is -0.795. The van der Waals surface area contributed by atoms with E-state index in [4.69, 9.17) is 9.15 Å². The van der Waals surface area contributed by atoms with Crippen molar-refractivity contribution >= 4 is 50.7 Å². The molecule has 1 aromatic heterocycles. The van der Waals surface area contributed by atoms with Crippen LogP contribution in [0.4, 0.5) is 5.69 Å². The molecule has 0 saturated heterocycles. The number of nitrogens with one attached hydrogen (secondary N) is 1. The van der Waals surface area contributed by atoms with E-state index in [1.54, 1.807) is 36.4 Å². The highest BCUT2D eigenvalue weighted by Crippen LogP contribution is 2.15. The number of para-hydroxylation sites is 2. The van der Waals surface area contributed by atoms with E-state index in [2.05, 4.69) is 26.2 Å². The lowest BCUT2D eigenvalue weighted by Crippen LogP contribution is -2.20. The average Bonchev–Trinajstić information content (AvgIpc) is 3.03. The first kappa shape index (κ1) is 16.9. The molecular formula is C18H13BrN2O4. The third kappa shape index (κ3) is 4.77. The van der Waals surface area contributed by atoms with Gasteiger partial charge in [0, 0.05) is 22.3 Å². The van der Waals surface area contributed by atoms with Gasteiger partial charge < -0.3 is 14.5 Å². The summed E-state index contributed by atoms with van der Waals surface area (Å²) in [4.78, 5) is 27.6. The maximum absolute atomic E-state index is 11.7. The lowest BCUT2D eigenvalue weighted by atomic mass is 10.3. The number of hydrogen-bond acceptors (Lipinski definition) is 5. The molecule has 0 radical (unpaired) electrons. The summed E-state index contributed by atoms with van der Waals surface area (Å²) in [6.45, 7) is -0.382. The van der Waals surface area contributed by atoms with E-state index in [0.717, 1.165) is 10.5 Å². The van der Waals surface area contributed by atoms with Crippen LogP contribution in [-0.4, -0.2) is 23.5 Å². The Balaban J connectivity index is 1.50. The molecule has 0 spiro atoms. The number of anilines is 1. The van der Waals surface area contributed by atoms with Crippen LogP contribution < -0.4 is 5.32 Å². The molecule has 1 N–H and O–H groups in total. The molecule has 6 nitrogen and oxygen atoms in total. The molecule has 2 aromatic carbocycles. The third-order valence-corrected chi connectivity index (χ3v) is 3.67. The molecule has 0 fully saturated rings. The minimum atomic E-state index is -0.659. The van der Waals surface area contributed by atoms with Crippen molar-refractivity contribution in [2.45, 2.75) is 0 Å². The molecule has 1 amide bonds. The molecule has 0 aliphatic heterocycles. The Labute approximate surface area is 151 Å². The van der Waals surface area contributed by atoms with Crippen molar-refractivity contribution in [3.63, 3.8) is 0 Å². The van der Waals surface area contributed by atoms with Crippen LogP contribution in [0.15, 0.2) is 63.5 Å². The Morgan fingerprint density at radius 3 is 2.68 bits per heavy atom. The minimum absolute atomic E-state index is 0.289. The summed E-state index contributed by atoms with van der Waals surface area (Å²) in [6.07, 6.45) is 2.56. The van der Waals surface area contributed by atoms with Gasteiger partial charge in [0.25, 0.3) is 5.91 Å². The second kappa shape index (κ2) is 7.76. The van der Waals surface area contributed by atoms with E-state index < -0.39 is 11.9 Å². The Bertz CT molecular complexity index is 899. The molecule has 3 rings (SSSR count). The number of aromatic nitrogens is 1. The maximum Gasteiger partial charge on any atom is 0.331 e. The fraction of sp³-hybridized carbons (Fsp3) is 0.0556. The average molecular weight is 401 g/mol. The number of carbonyl (C=O) groups is 2. The summed E-state index contributed by atoms with van der Waals surface area (Å²) in [6, 6.07) is 14.3. The topological polar surface area (TPSA) is 81.4 Å². The first-order valence-corrected chi connectivity index (χ1v) is 8.15. The van der Waals surface area contributed by atoms with Gasteiger partial charge in [0.15, 0.2) is 12.2 Å². The van der Waals surface area contributed by atoms with Crippen molar-refractivity contribution in [3.8, 4) is 0 Å². The Morgan fingerprint density at radius 2 is 1.92 bits per heavy atom. The van der Waals surface area contributed by atoms with Crippen molar-refractivity contribution in [1.82, 2.24) is 4.98 Å². The zero-order valence-corrected chi connectivity index (χ0v) is 14.5. The minimum Gasteiger partial charge on any atom is -0.452 e. The zero-order chi connectivity index (χ0) is 17.6. The lowest BCUT2D eigenvalue weighted by Gasteiger charge is -2.05. The fourth-order valence-corrected chi connectivity index (χ4v) is 2.28. The zero-order valence-electron chi connectivity index (χ0n) is 12.9. The molecule has 0 saturated carbocycles. The van der Waals surface area contributed by atoms with Crippen molar-refractivity contribution in [2.75, 3.05) is 11.9 Å². The number of hydrogen-bond donors (Lipinski definition) is 1. The number of benzene rings is 2. The molecule has 7 heteroatoms. The molecule has 126 valence electrons. The van der Waals surface area contributed by atoms with Crippen molar-refractivity contribution in [1.29, 1.82) is 0 Å². The summed E-state index contributed by atoms with van der Waals surface area (Å²) in [5.41, 5.74) is 1.94. The standard InChI is InChI=1S/C18H13BrN2O4/c19-12-5-7-13(8-6-12)20-16(22)11-24-18(23)10-9-17-21-14-3-1-2-4-15(14)25-17/h1-10H,11H2,(H,20,22)/b10-9+. The van der Waals surface area contributed by atoms with Gasteiger partial charge in [-0.15, -0.1) is 0 Å². The third-order valence-electron chi connectivity index (χ3n) is 3.15. The first-order valence-electron chi connectivity index (χ1n) is 7.36. The van der Waals surface area contributed by atoms with E-state index in [1.807, 2.05) is 12.1 Å². The Hall–Kier alpha value is -2.93. The molecule has 0 bridgehead atoms. The van der Waals surface area contributed by atoms with Crippen molar-refractivity contribution < 1.29 is 18.7 Å². The molecule has 0 unspecified atom stereocenters. The number of amides is 1. The van der Waals surface area contributed by atoms with Gasteiger partial charge in [-0.1, -0.05) is 28.1 Å². The second-order valence-electron chi connectivity index (χ2n) is 5.02. The van der Waals surface area contributed by atoms with Gasteiger partial charge in [-0.25, -0.2) is 9.78 Å². The van der Waals surface area contributed by atoms with Crippen LogP contribution in [-0.2, 0) is 14.3 Å². The number of oxazole rings is 1. The van der Waals surface area contributed by atoms with Gasteiger partial charge in [-0.05, 0) is 36.4 Å². The molecule has 0 aliphatic rings. The predicted molar refractivity (Wildman–Crippen MR) is 96.8 cm³/mol. The normalized spacial score (nSPS) is 10.9. The van der Waals surface area contributed by atoms with E-state index in [9.17, 15) is 9.59 Å². The Kier molecular flexibility index (Phi) is 5.25. The highest BCUT2D eigenvalue weighted by Gasteiger charge is 2.07. The lowest BCUT2D eigenvalue weighted by molar-refractivity contribution is -0.142. The summed E-state index contributed by atoms with van der Waals surface area (Å²) >= 11 is 3.31. The second-order valence-corrected chi connectivity index (χ2v) is 5.93. The molecule has 1 heterocycles. The van der Waals surface area contributed by atoms with E-state index >= 15 is 0 Å². The van der Waals surface area contributed by atoms with Crippen LogP contribution in [0.3, 0.4) is 0 Å². The smallest absolute Gasteiger partial charge is 0.331 e. The van der Waals surface area contributed by atoms with Gasteiger partial charge >= 0.3 is 5.97 Å². The van der Waals surface area contributed by atoms with Gasteiger partial charge in [0.1, 0.15) is 5.52 Å². The summed E-state index contributed by atoms with van der Waals surface area (Å²) in [5, 5.41) is 2.62. The predicted octanol–water partition coefficient (Wildman–Crippen LogP) is 3.79. The van der Waals surface area contributed by atoms with Crippen LogP contribution in [0.1, 0.15) is 5.89 Å². The van der Waals surface area contributed by atoms with Crippen LogP contribution in [0.25, 0.3) is 17.2 Å². The summed E-state index contributed by atoms with van der Waals surface area (Å²) < 4.78 is 11.2. The molecule has 0 aliphatic carbocycles. The van der Waals surface area contributed by atoms with Crippen LogP contribution in [0, 0.1) is 0 Å². The fourth-order valence-electron chi connectivity index (χ4n) is 2.02. The molecule has 25 heavy (non-hydrogen) atoms. The molecule has 3 aromatic rings. The summed E-state index contributed by atoms with van der Waals surface area (Å²) in [7, 11) is 0. The number of nitrogens with zero attached hydrogens (tertiary/aromatic N) is 1. The Morgan fingerprint density at radius 1 is 1.16 bits per heavy atom. The highest BCUT2D eigenvalue weighted by atomic mass is 79.9. The molecule has 0 atom stereocenters. The van der Waals surface area contributed by atoms with E-state index in [-0.39, 0.29) is 12.5 Å². The van der Waals surface area contributed by atoms with Gasteiger partial charge in [0.2, 0.25) is 5.89 Å². The van der Waals surface area contributed by atoms with E-state index in [0.29, 0.717) is 16.8 Å². The van der Waals surface area contributed by atoms with Crippen LogP contribution in [0.5, 0.6) is 0 Å². The van der Waals surface area contributed by atoms with Crippen molar-refractivity contribution in [2.24, 2.45) is 0 Å². The largest absolute Gasteiger partial charge is 0.452 e. The van der Waals surface area contributed by atoms with Gasteiger partial charge in [-0.3, -0.25) is 4.79 Å². The van der Waals surface area contributed by atoms with Crippen molar-refractivity contribution in [3.05, 3.63) is 65.0 Å². The number of carbonyl (C=O) groups excluding carboxylic acids is 2. The quantitative estimate of drug-likeness (QED) is 0.520. The van der Waals surface area contributed by atoms with Gasteiger partial charge in [0.05, 0.1) is 0 Å². The van der Waals surface area contributed by atoms with E-state index in [1.165, 1.54) is 6.08 Å². The molecular weight excluding hydrogens is 388 g/mol. The number of fused-ring (bicyclic) bond motifs is 1. The van der Waals surface area contributed by atoms with Crippen LogP contribution in [0.2, 0.25) is 0 Å². The number of rotatable bonds is 5. The van der Waals surface area contributed by atoms with Crippen LogP contribution >= 0.6 is 15.9 Å². The number of halogens is 1. The maximum atomic E-state index is 11.7. The SMILES string of the molecule is O=C(COC(=O)/C=C/c1nc2ccccc2o1)Nc1ccc(Br)cc1.